The molecule has 1 N–H and O–H groups in total. The molecule has 1 amide bonds. The predicted molar refractivity (Wildman–Crippen MR) is 134 cm³/mol. The van der Waals surface area contributed by atoms with E-state index in [0.29, 0.717) is 35.7 Å². The fraction of sp³-hybridized carbons (Fsp3) is 0.214. The second kappa shape index (κ2) is 9.44. The maximum Gasteiger partial charge on any atom is 0.573 e. The number of hydrogen-bond acceptors (Lipinski definition) is 6. The number of ether oxygens (including phenoxy) is 2. The molecule has 0 bridgehead atoms. The summed E-state index contributed by atoms with van der Waals surface area (Å²) in [6.45, 7) is 2.96. The Hall–Kier alpha value is -4.47. The molecule has 1 atom stereocenters. The van der Waals surface area contributed by atoms with E-state index < -0.39 is 35.6 Å². The van der Waals surface area contributed by atoms with Crippen molar-refractivity contribution in [1.82, 2.24) is 0 Å². The Labute approximate surface area is 216 Å². The summed E-state index contributed by atoms with van der Waals surface area (Å²) in [5, 5.41) is 11.4. The lowest BCUT2D eigenvalue weighted by Gasteiger charge is -2.28. The van der Waals surface area contributed by atoms with E-state index in [1.54, 1.807) is 36.4 Å². The van der Waals surface area contributed by atoms with Crippen LogP contribution in [0.25, 0.3) is 5.76 Å². The molecular weight excluding hydrogens is 501 g/mol. The minimum Gasteiger partial charge on any atom is -0.507 e. The number of benzene rings is 3. The van der Waals surface area contributed by atoms with Crippen molar-refractivity contribution in [1.29, 1.82) is 0 Å². The van der Waals surface area contributed by atoms with Crippen LogP contribution in [0.2, 0.25) is 0 Å². The first-order valence-electron chi connectivity index (χ1n) is 11.8. The number of fused-ring (bicyclic) bond motifs is 1. The summed E-state index contributed by atoms with van der Waals surface area (Å²) in [6.07, 6.45) is -4.94. The Morgan fingerprint density at radius 1 is 1.05 bits per heavy atom. The van der Waals surface area contributed by atoms with Crippen LogP contribution in [-0.2, 0) is 9.59 Å². The van der Waals surface area contributed by atoms with Gasteiger partial charge in [-0.3, -0.25) is 14.5 Å². The fourth-order valence-corrected chi connectivity index (χ4v) is 4.74. The van der Waals surface area contributed by atoms with Crippen molar-refractivity contribution >= 4 is 28.8 Å². The number of hydrogen-bond donors (Lipinski definition) is 1. The molecule has 3 aromatic carbocycles. The molecule has 1 unspecified atom stereocenters. The van der Waals surface area contributed by atoms with Crippen molar-refractivity contribution < 1.29 is 37.3 Å². The van der Waals surface area contributed by atoms with E-state index in [0.717, 1.165) is 22.6 Å². The average Bonchev–Trinajstić information content (AvgIpc) is 3.13. The molecule has 196 valence electrons. The number of alkyl halides is 3. The van der Waals surface area contributed by atoms with E-state index in [-0.39, 0.29) is 11.3 Å². The first kappa shape index (κ1) is 25.2. The molecule has 10 heteroatoms. The average molecular weight is 524 g/mol. The molecule has 2 aliphatic rings. The summed E-state index contributed by atoms with van der Waals surface area (Å²) in [5.41, 5.74) is 2.17. The second-order valence-corrected chi connectivity index (χ2v) is 9.08. The topological polar surface area (TPSA) is 79.3 Å². The number of nitrogens with zero attached hydrogens (tertiary/aromatic N) is 2. The number of amides is 1. The van der Waals surface area contributed by atoms with Crippen LogP contribution in [0.5, 0.6) is 11.5 Å². The van der Waals surface area contributed by atoms with E-state index in [1.165, 1.54) is 12.1 Å². The quantitative estimate of drug-likeness (QED) is 0.282. The summed E-state index contributed by atoms with van der Waals surface area (Å²) >= 11 is 0. The minimum absolute atomic E-state index is 0.0120. The maximum atomic E-state index is 13.4. The van der Waals surface area contributed by atoms with Crippen LogP contribution >= 0.6 is 0 Å². The zero-order valence-electron chi connectivity index (χ0n) is 20.5. The van der Waals surface area contributed by atoms with E-state index >= 15 is 0 Å². The fourth-order valence-electron chi connectivity index (χ4n) is 4.74. The van der Waals surface area contributed by atoms with Crippen LogP contribution in [0.1, 0.15) is 22.7 Å². The van der Waals surface area contributed by atoms with Gasteiger partial charge in [-0.1, -0.05) is 35.9 Å². The summed E-state index contributed by atoms with van der Waals surface area (Å²) in [7, 11) is 1.87. The lowest BCUT2D eigenvalue weighted by molar-refractivity contribution is -0.274. The summed E-state index contributed by atoms with van der Waals surface area (Å²) in [5.74, 6) is -2.27. The van der Waals surface area contributed by atoms with Gasteiger partial charge in [0.05, 0.1) is 23.8 Å². The van der Waals surface area contributed by atoms with Crippen molar-refractivity contribution in [2.45, 2.75) is 19.3 Å². The van der Waals surface area contributed by atoms with Gasteiger partial charge in [-0.2, -0.15) is 0 Å². The standard InChI is InChI=1S/C28H23F3N2O5/c1-16-5-3-6-17(13-16)24-23(25(34)18-9-10-22-21(14-18)32(2)11-12-37-22)26(35)27(36)33(24)19-7-4-8-20(15-19)38-28(29,30)31/h3-10,13-15,24,34H,11-12H2,1-2H3/b25-23-. The minimum atomic E-state index is -4.94. The smallest absolute Gasteiger partial charge is 0.507 e. The number of carbonyl (C=O) groups is 2. The van der Waals surface area contributed by atoms with Crippen LogP contribution in [-0.4, -0.2) is 43.4 Å². The highest BCUT2D eigenvalue weighted by atomic mass is 19.4. The van der Waals surface area contributed by atoms with Gasteiger partial charge in [-0.25, -0.2) is 0 Å². The van der Waals surface area contributed by atoms with Crippen molar-refractivity contribution in [3.05, 3.63) is 89.0 Å². The normalized spacial score (nSPS) is 18.8. The van der Waals surface area contributed by atoms with Gasteiger partial charge in [0.2, 0.25) is 0 Å². The van der Waals surface area contributed by atoms with Gasteiger partial charge in [0.15, 0.2) is 0 Å². The number of rotatable bonds is 4. The molecule has 0 aliphatic carbocycles. The van der Waals surface area contributed by atoms with Crippen molar-refractivity contribution in [3.8, 4) is 11.5 Å². The number of likely N-dealkylation sites (N-methyl/N-ethyl adjacent to an activating group) is 1. The molecule has 2 aliphatic heterocycles. The molecule has 1 saturated heterocycles. The summed E-state index contributed by atoms with van der Waals surface area (Å²) < 4.78 is 48.3. The molecule has 1 fully saturated rings. The van der Waals surface area contributed by atoms with Gasteiger partial charge in [0, 0.05) is 24.4 Å². The number of ketones is 1. The van der Waals surface area contributed by atoms with Crippen LogP contribution in [0.3, 0.4) is 0 Å². The molecule has 0 saturated carbocycles. The van der Waals surface area contributed by atoms with Crippen LogP contribution in [0.15, 0.2) is 72.3 Å². The van der Waals surface area contributed by atoms with Gasteiger partial charge in [0.25, 0.3) is 11.7 Å². The lowest BCUT2D eigenvalue weighted by atomic mass is 9.94. The Kier molecular flexibility index (Phi) is 6.26. The number of halogens is 3. The number of aryl methyl sites for hydroxylation is 1. The van der Waals surface area contributed by atoms with E-state index in [9.17, 15) is 27.9 Å². The van der Waals surface area contributed by atoms with Crippen molar-refractivity contribution in [2.75, 3.05) is 30.0 Å². The zero-order chi connectivity index (χ0) is 27.2. The second-order valence-electron chi connectivity index (χ2n) is 9.08. The molecule has 3 aromatic rings. The number of carbonyl (C=O) groups excluding carboxylic acids is 2. The van der Waals surface area contributed by atoms with E-state index in [4.69, 9.17) is 4.74 Å². The van der Waals surface area contributed by atoms with Gasteiger partial charge >= 0.3 is 6.36 Å². The zero-order valence-corrected chi connectivity index (χ0v) is 20.5. The molecule has 2 heterocycles. The lowest BCUT2D eigenvalue weighted by Crippen LogP contribution is -2.29. The highest BCUT2D eigenvalue weighted by molar-refractivity contribution is 6.51. The van der Waals surface area contributed by atoms with E-state index in [2.05, 4.69) is 4.74 Å². The Morgan fingerprint density at radius 3 is 2.55 bits per heavy atom. The molecule has 5 rings (SSSR count). The number of aliphatic hydroxyl groups is 1. The Bertz CT molecular complexity index is 1470. The monoisotopic (exact) mass is 524 g/mol. The number of anilines is 2. The van der Waals surface area contributed by atoms with Crippen LogP contribution in [0, 0.1) is 6.92 Å². The Morgan fingerprint density at radius 2 is 1.82 bits per heavy atom. The molecule has 0 radical (unpaired) electrons. The third-order valence-electron chi connectivity index (χ3n) is 6.46. The predicted octanol–water partition coefficient (Wildman–Crippen LogP) is 5.35. The number of aliphatic hydroxyl groups excluding tert-OH is 1. The summed E-state index contributed by atoms with van der Waals surface area (Å²) in [6, 6.07) is 15.7. The van der Waals surface area contributed by atoms with Gasteiger partial charge in [0.1, 0.15) is 23.9 Å². The van der Waals surface area contributed by atoms with Crippen molar-refractivity contribution in [2.24, 2.45) is 0 Å². The van der Waals surface area contributed by atoms with Gasteiger partial charge in [-0.05, 0) is 42.8 Å². The molecule has 0 spiro atoms. The number of Topliss-reactive ketones (excluding diaryl/α,β-unsaturated/α-hetero) is 1. The highest BCUT2D eigenvalue weighted by Gasteiger charge is 2.47. The summed E-state index contributed by atoms with van der Waals surface area (Å²) in [4.78, 5) is 29.8. The van der Waals surface area contributed by atoms with Gasteiger partial charge in [-0.15, -0.1) is 13.2 Å². The van der Waals surface area contributed by atoms with Gasteiger partial charge < -0.3 is 19.5 Å². The largest absolute Gasteiger partial charge is 0.573 e. The first-order chi connectivity index (χ1) is 18.0. The Balaban J connectivity index is 1.67. The SMILES string of the molecule is Cc1cccc(C2/C(=C(/O)c3ccc4c(c3)N(C)CCO4)C(=O)C(=O)N2c2cccc(OC(F)(F)F)c2)c1. The third-order valence-corrected chi connectivity index (χ3v) is 6.46. The molecule has 38 heavy (non-hydrogen) atoms. The molecule has 7 nitrogen and oxygen atoms in total. The van der Waals surface area contributed by atoms with E-state index in [1.807, 2.05) is 24.9 Å². The molecular formula is C28H23F3N2O5. The van der Waals surface area contributed by atoms with Crippen LogP contribution in [0.4, 0.5) is 24.5 Å². The maximum absolute atomic E-state index is 13.4. The van der Waals surface area contributed by atoms with Crippen molar-refractivity contribution in [3.63, 3.8) is 0 Å². The molecule has 0 aromatic heterocycles. The first-order valence-corrected chi connectivity index (χ1v) is 11.8. The van der Waals surface area contributed by atoms with Crippen LogP contribution < -0.4 is 19.3 Å². The highest BCUT2D eigenvalue weighted by Crippen LogP contribution is 2.44. The third kappa shape index (κ3) is 4.65.